The van der Waals surface area contributed by atoms with E-state index in [1.807, 2.05) is 26.0 Å². The van der Waals surface area contributed by atoms with Crippen LogP contribution in [0.3, 0.4) is 0 Å². The first-order valence-corrected chi connectivity index (χ1v) is 14.1. The van der Waals surface area contributed by atoms with Gasteiger partial charge in [-0.1, -0.05) is 19.9 Å². The molecule has 1 fully saturated rings. The lowest BCUT2D eigenvalue weighted by molar-refractivity contribution is 0.0715. The molecular formula is C29H25FN4O4S. The number of aromatic amines is 1. The average Bonchev–Trinajstić information content (AvgIpc) is 3.31. The van der Waals surface area contributed by atoms with E-state index in [0.29, 0.717) is 57.4 Å². The van der Waals surface area contributed by atoms with Crippen molar-refractivity contribution in [2.75, 3.05) is 13.2 Å². The predicted molar refractivity (Wildman–Crippen MR) is 147 cm³/mol. The summed E-state index contributed by atoms with van der Waals surface area (Å²) in [4.78, 5) is 21.0. The quantitative estimate of drug-likeness (QED) is 0.290. The molecule has 1 aliphatic rings. The molecule has 2 aromatic carbocycles. The van der Waals surface area contributed by atoms with E-state index in [-0.39, 0.29) is 17.4 Å². The van der Waals surface area contributed by atoms with Gasteiger partial charge >= 0.3 is 10.2 Å². The number of nitriles is 1. The van der Waals surface area contributed by atoms with Gasteiger partial charge in [0.1, 0.15) is 10.5 Å². The molecule has 5 aromatic rings. The average molecular weight is 545 g/mol. The third-order valence-electron chi connectivity index (χ3n) is 7.53. The number of ether oxygens (including phenoxy) is 1. The van der Waals surface area contributed by atoms with Crippen LogP contribution in [-0.2, 0) is 15.0 Å². The minimum atomic E-state index is -4.95. The maximum atomic E-state index is 14.1. The van der Waals surface area contributed by atoms with E-state index < -0.39 is 15.1 Å². The summed E-state index contributed by atoms with van der Waals surface area (Å²) in [5, 5.41) is 11.3. The molecular weight excluding hydrogens is 519 g/mol. The van der Waals surface area contributed by atoms with Crippen LogP contribution in [0.5, 0.6) is 0 Å². The molecule has 0 unspecified atom stereocenters. The van der Waals surface area contributed by atoms with Gasteiger partial charge in [0.2, 0.25) is 0 Å². The zero-order valence-electron chi connectivity index (χ0n) is 21.4. The summed E-state index contributed by atoms with van der Waals surface area (Å²) in [7, 11) is -4.95. The van der Waals surface area contributed by atoms with Crippen molar-refractivity contribution in [2.45, 2.75) is 43.5 Å². The SMILES string of the molecule is CC(C)c1cc2c(=O)c3c4ccc(C#N)cc4[nH]c3n(C3CCOCC3)c2cc1-c1cncc(S(=O)(=O)F)c1. The number of aromatic nitrogens is 3. The maximum Gasteiger partial charge on any atom is 0.333 e. The fraction of sp³-hybridized carbons (Fsp3) is 0.276. The first-order valence-electron chi connectivity index (χ1n) is 12.7. The Hall–Kier alpha value is -4.07. The summed E-state index contributed by atoms with van der Waals surface area (Å²) in [6.45, 7) is 5.13. The summed E-state index contributed by atoms with van der Waals surface area (Å²) in [5.41, 5.74) is 4.34. The fourth-order valence-electron chi connectivity index (χ4n) is 5.65. The van der Waals surface area contributed by atoms with Gasteiger partial charge in [0.25, 0.3) is 0 Å². The molecule has 4 heterocycles. The number of hydrogen-bond acceptors (Lipinski definition) is 6. The van der Waals surface area contributed by atoms with Crippen molar-refractivity contribution in [1.82, 2.24) is 14.5 Å². The molecule has 10 heteroatoms. The smallest absolute Gasteiger partial charge is 0.333 e. The van der Waals surface area contributed by atoms with Gasteiger partial charge < -0.3 is 14.3 Å². The molecule has 0 spiro atoms. The summed E-state index contributed by atoms with van der Waals surface area (Å²) in [5.74, 6) is -0.0252. The van der Waals surface area contributed by atoms with Gasteiger partial charge in [-0.25, -0.2) is 0 Å². The molecule has 3 aromatic heterocycles. The third kappa shape index (κ3) is 4.18. The molecule has 1 saturated heterocycles. The molecule has 6 rings (SSSR count). The van der Waals surface area contributed by atoms with Crippen molar-refractivity contribution >= 4 is 43.1 Å². The van der Waals surface area contributed by atoms with Gasteiger partial charge in [-0.3, -0.25) is 9.78 Å². The number of rotatable bonds is 4. The lowest BCUT2D eigenvalue weighted by atomic mass is 9.90. The van der Waals surface area contributed by atoms with Crippen molar-refractivity contribution < 1.29 is 17.0 Å². The van der Waals surface area contributed by atoms with Gasteiger partial charge in [0, 0.05) is 53.5 Å². The van der Waals surface area contributed by atoms with Crippen molar-refractivity contribution in [2.24, 2.45) is 0 Å². The van der Waals surface area contributed by atoms with E-state index in [0.717, 1.165) is 30.0 Å². The van der Waals surface area contributed by atoms with Crippen LogP contribution < -0.4 is 5.43 Å². The van der Waals surface area contributed by atoms with Gasteiger partial charge in [-0.05, 0) is 60.2 Å². The number of fused-ring (bicyclic) bond motifs is 4. The van der Waals surface area contributed by atoms with E-state index in [4.69, 9.17) is 4.74 Å². The number of nitrogens with zero attached hydrogens (tertiary/aromatic N) is 3. The van der Waals surface area contributed by atoms with E-state index in [9.17, 15) is 22.4 Å². The predicted octanol–water partition coefficient (Wildman–Crippen LogP) is 5.70. The third-order valence-corrected chi connectivity index (χ3v) is 8.32. The zero-order chi connectivity index (χ0) is 27.5. The van der Waals surface area contributed by atoms with Crippen LogP contribution in [0.25, 0.3) is 44.0 Å². The first kappa shape index (κ1) is 25.2. The highest BCUT2D eigenvalue weighted by molar-refractivity contribution is 7.86. The Morgan fingerprint density at radius 3 is 2.59 bits per heavy atom. The molecule has 0 radical (unpaired) electrons. The number of halogens is 1. The van der Waals surface area contributed by atoms with Crippen LogP contribution in [-0.4, -0.2) is 36.2 Å². The van der Waals surface area contributed by atoms with Crippen LogP contribution in [0.2, 0.25) is 0 Å². The van der Waals surface area contributed by atoms with Crippen molar-refractivity contribution in [1.29, 1.82) is 5.26 Å². The number of hydrogen-bond donors (Lipinski definition) is 1. The van der Waals surface area contributed by atoms with Gasteiger partial charge in [-0.15, -0.1) is 3.89 Å². The van der Waals surface area contributed by atoms with E-state index in [1.54, 1.807) is 18.2 Å². The van der Waals surface area contributed by atoms with Crippen molar-refractivity contribution in [3.05, 3.63) is 70.1 Å². The van der Waals surface area contributed by atoms with E-state index in [2.05, 4.69) is 20.6 Å². The molecule has 1 N–H and O–H groups in total. The van der Waals surface area contributed by atoms with Gasteiger partial charge in [-0.2, -0.15) is 13.7 Å². The fourth-order valence-corrected chi connectivity index (χ4v) is 6.11. The van der Waals surface area contributed by atoms with Gasteiger partial charge in [0.05, 0.1) is 22.5 Å². The topological polar surface area (TPSA) is 118 Å². The monoisotopic (exact) mass is 544 g/mol. The molecule has 0 bridgehead atoms. The van der Waals surface area contributed by atoms with Gasteiger partial charge in [0.15, 0.2) is 5.43 Å². The number of H-pyrrole nitrogens is 1. The van der Waals surface area contributed by atoms with E-state index in [1.165, 1.54) is 12.3 Å². The number of pyridine rings is 2. The largest absolute Gasteiger partial charge is 0.381 e. The molecule has 0 atom stereocenters. The Labute approximate surface area is 223 Å². The molecule has 8 nitrogen and oxygen atoms in total. The Bertz CT molecular complexity index is 2000. The summed E-state index contributed by atoms with van der Waals surface area (Å²) >= 11 is 0. The zero-order valence-corrected chi connectivity index (χ0v) is 22.2. The van der Waals surface area contributed by atoms with Crippen LogP contribution in [0.4, 0.5) is 3.89 Å². The lowest BCUT2D eigenvalue weighted by Crippen LogP contribution is -2.23. The van der Waals surface area contributed by atoms with Crippen LogP contribution in [0.15, 0.2) is 58.5 Å². The van der Waals surface area contributed by atoms with E-state index >= 15 is 0 Å². The first-order chi connectivity index (χ1) is 18.7. The number of nitrogens with one attached hydrogen (secondary N) is 1. The Kier molecular flexibility index (Phi) is 6.01. The Morgan fingerprint density at radius 1 is 1.13 bits per heavy atom. The normalized spacial score (nSPS) is 14.9. The molecule has 1 aliphatic heterocycles. The molecule has 0 saturated carbocycles. The second-order valence-electron chi connectivity index (χ2n) is 10.2. The Balaban J connectivity index is 1.76. The van der Waals surface area contributed by atoms with Crippen molar-refractivity contribution in [3.63, 3.8) is 0 Å². The summed E-state index contributed by atoms with van der Waals surface area (Å²) < 4.78 is 44.9. The minimum Gasteiger partial charge on any atom is -0.381 e. The van der Waals surface area contributed by atoms with Crippen LogP contribution in [0.1, 0.15) is 49.8 Å². The highest BCUT2D eigenvalue weighted by atomic mass is 32.3. The molecule has 198 valence electrons. The lowest BCUT2D eigenvalue weighted by Gasteiger charge is -2.28. The maximum absolute atomic E-state index is 14.1. The second kappa shape index (κ2) is 9.29. The van der Waals surface area contributed by atoms with Crippen LogP contribution in [0, 0.1) is 11.3 Å². The summed E-state index contributed by atoms with van der Waals surface area (Å²) in [6, 6.07) is 12.5. The molecule has 0 amide bonds. The Morgan fingerprint density at radius 2 is 1.90 bits per heavy atom. The van der Waals surface area contributed by atoms with Crippen molar-refractivity contribution in [3.8, 4) is 17.2 Å². The second-order valence-corrected chi connectivity index (χ2v) is 11.6. The number of benzene rings is 2. The standard InChI is InChI=1S/C29H25FN4O4S/c1-16(2)22-11-24-26(12-23(22)18-10-20(15-32-14-18)39(30,36)37)34(19-5-7-38-8-6-19)29-27(28(24)35)21-4-3-17(13-31)9-25(21)33-29/h3-4,9-12,14-16,19,33H,5-8H2,1-2H3. The molecule has 39 heavy (non-hydrogen) atoms. The minimum absolute atomic E-state index is 0.0252. The molecule has 0 aliphatic carbocycles. The summed E-state index contributed by atoms with van der Waals surface area (Å²) in [6.07, 6.45) is 3.97. The van der Waals surface area contributed by atoms with Crippen LogP contribution >= 0.6 is 0 Å². The highest BCUT2D eigenvalue weighted by Crippen LogP contribution is 2.38. The highest BCUT2D eigenvalue weighted by Gasteiger charge is 2.25.